The van der Waals surface area contributed by atoms with Crippen molar-refractivity contribution in [2.24, 2.45) is 5.92 Å². The molecule has 4 heteroatoms. The number of rotatable bonds is 3. The van der Waals surface area contributed by atoms with Crippen LogP contribution in [-0.4, -0.2) is 19.1 Å². The summed E-state index contributed by atoms with van der Waals surface area (Å²) >= 11 is 0. The number of hydrogen-bond donors (Lipinski definition) is 1. The molecule has 3 aliphatic rings. The topological polar surface area (TPSA) is 41.6 Å². The molecule has 34 heavy (non-hydrogen) atoms. The van der Waals surface area contributed by atoms with Gasteiger partial charge in [-0.1, -0.05) is 59.7 Å². The van der Waals surface area contributed by atoms with Gasteiger partial charge < -0.3 is 15.0 Å². The van der Waals surface area contributed by atoms with Crippen LogP contribution in [0.2, 0.25) is 0 Å². The average molecular weight is 453 g/mol. The number of benzene rings is 3. The summed E-state index contributed by atoms with van der Waals surface area (Å²) in [7, 11) is 0. The smallest absolute Gasteiger partial charge is 0.231 e. The van der Waals surface area contributed by atoms with Crippen molar-refractivity contribution in [1.29, 1.82) is 0 Å². The van der Waals surface area contributed by atoms with Crippen molar-refractivity contribution < 1.29 is 9.53 Å². The molecule has 0 aliphatic carbocycles. The molecule has 1 saturated heterocycles. The molecular formula is C30H32N2O2. The number of carbonyl (C=O) groups is 1. The fraction of sp³-hybridized carbons (Fsp3) is 0.367. The van der Waals surface area contributed by atoms with Gasteiger partial charge in [-0.15, -0.1) is 0 Å². The third kappa shape index (κ3) is 3.80. The summed E-state index contributed by atoms with van der Waals surface area (Å²) in [5.74, 6) is 0.576. The summed E-state index contributed by atoms with van der Waals surface area (Å²) in [6.45, 7) is 5.84. The lowest BCUT2D eigenvalue weighted by molar-refractivity contribution is -0.118. The Labute approximate surface area is 201 Å². The Morgan fingerprint density at radius 2 is 1.94 bits per heavy atom. The molecule has 1 fully saturated rings. The van der Waals surface area contributed by atoms with Crippen molar-refractivity contribution in [3.05, 3.63) is 94.0 Å². The van der Waals surface area contributed by atoms with Gasteiger partial charge in [0.1, 0.15) is 0 Å². The molecule has 1 N–H and O–H groups in total. The Hall–Kier alpha value is -3.11. The van der Waals surface area contributed by atoms with Crippen LogP contribution in [0.1, 0.15) is 58.4 Å². The normalized spacial score (nSPS) is 23.0. The molecule has 0 bridgehead atoms. The van der Waals surface area contributed by atoms with Crippen LogP contribution in [-0.2, 0) is 22.4 Å². The van der Waals surface area contributed by atoms with Gasteiger partial charge in [-0.2, -0.15) is 0 Å². The summed E-state index contributed by atoms with van der Waals surface area (Å²) in [6.07, 6.45) is 3.61. The zero-order valence-electron chi connectivity index (χ0n) is 20.0. The van der Waals surface area contributed by atoms with E-state index < -0.39 is 0 Å². The van der Waals surface area contributed by atoms with Crippen LogP contribution in [0.15, 0.2) is 60.7 Å². The Balaban J connectivity index is 1.26. The quantitative estimate of drug-likeness (QED) is 0.524. The highest BCUT2D eigenvalue weighted by Crippen LogP contribution is 2.50. The van der Waals surface area contributed by atoms with E-state index in [4.69, 9.17) is 4.74 Å². The Kier molecular flexibility index (Phi) is 5.41. The molecule has 0 saturated carbocycles. The number of hydrogen-bond acceptors (Lipinski definition) is 3. The number of ether oxygens (including phenoxy) is 1. The number of carbonyl (C=O) groups excluding carboxylic acids is 1. The van der Waals surface area contributed by atoms with Gasteiger partial charge in [0, 0.05) is 36.0 Å². The van der Waals surface area contributed by atoms with Crippen LogP contribution in [0.25, 0.3) is 0 Å². The predicted molar refractivity (Wildman–Crippen MR) is 136 cm³/mol. The summed E-state index contributed by atoms with van der Waals surface area (Å²) in [5.41, 5.74) is 9.63. The van der Waals surface area contributed by atoms with Gasteiger partial charge in [0.15, 0.2) is 0 Å². The molecule has 3 aliphatic heterocycles. The third-order valence-electron chi connectivity index (χ3n) is 7.71. The number of anilines is 2. The van der Waals surface area contributed by atoms with Crippen molar-refractivity contribution >= 4 is 17.3 Å². The molecule has 1 amide bonds. The van der Waals surface area contributed by atoms with Gasteiger partial charge in [0.2, 0.25) is 5.91 Å². The number of fused-ring (bicyclic) bond motifs is 4. The molecule has 6 rings (SSSR count). The van der Waals surface area contributed by atoms with Gasteiger partial charge in [-0.05, 0) is 61.9 Å². The molecule has 4 nitrogen and oxygen atoms in total. The Morgan fingerprint density at radius 3 is 2.82 bits per heavy atom. The first kappa shape index (κ1) is 21.4. The first-order valence-electron chi connectivity index (χ1n) is 12.5. The van der Waals surface area contributed by atoms with E-state index in [1.54, 1.807) is 0 Å². The molecule has 3 heterocycles. The van der Waals surface area contributed by atoms with Crippen molar-refractivity contribution in [2.75, 3.05) is 23.4 Å². The zero-order valence-corrected chi connectivity index (χ0v) is 20.0. The van der Waals surface area contributed by atoms with Gasteiger partial charge in [-0.3, -0.25) is 4.79 Å². The number of nitrogens with zero attached hydrogens (tertiary/aromatic N) is 1. The number of aryl methyl sites for hydroxylation is 3. The van der Waals surface area contributed by atoms with E-state index in [2.05, 4.69) is 79.8 Å². The molecule has 3 atom stereocenters. The highest BCUT2D eigenvalue weighted by atomic mass is 16.5. The minimum absolute atomic E-state index is 0.0792. The molecule has 0 spiro atoms. The highest BCUT2D eigenvalue weighted by molar-refractivity contribution is 5.96. The van der Waals surface area contributed by atoms with Crippen molar-refractivity contribution in [2.45, 2.75) is 51.7 Å². The van der Waals surface area contributed by atoms with Gasteiger partial charge in [-0.25, -0.2) is 0 Å². The van der Waals surface area contributed by atoms with Crippen LogP contribution in [0, 0.1) is 19.8 Å². The van der Waals surface area contributed by atoms with E-state index in [9.17, 15) is 4.79 Å². The van der Waals surface area contributed by atoms with E-state index in [-0.39, 0.29) is 18.1 Å². The van der Waals surface area contributed by atoms with E-state index in [1.807, 2.05) is 4.90 Å². The Morgan fingerprint density at radius 1 is 1.06 bits per heavy atom. The van der Waals surface area contributed by atoms with Crippen LogP contribution in [0.3, 0.4) is 0 Å². The van der Waals surface area contributed by atoms with Gasteiger partial charge >= 0.3 is 0 Å². The van der Waals surface area contributed by atoms with E-state index in [0.29, 0.717) is 12.3 Å². The fourth-order valence-electron chi connectivity index (χ4n) is 6.08. The maximum absolute atomic E-state index is 13.4. The van der Waals surface area contributed by atoms with Crippen LogP contribution < -0.4 is 10.2 Å². The maximum atomic E-state index is 13.4. The second-order valence-electron chi connectivity index (χ2n) is 10.2. The molecule has 3 aromatic carbocycles. The standard InChI is InChI=1S/C30H32N2O2/c1-19-5-3-6-23(16-19)29-24-12-14-34-30(24)25-17-21(9-10-26(25)31-29)18-28(33)32-13-4-7-22-15-20(2)8-11-27(22)32/h3,5-6,8-11,15-17,24,29-31H,4,7,12-14,18H2,1-2H3/t24-,29-,30-/m1/s1. The van der Waals surface area contributed by atoms with Crippen LogP contribution in [0.5, 0.6) is 0 Å². The maximum Gasteiger partial charge on any atom is 0.231 e. The first-order valence-corrected chi connectivity index (χ1v) is 12.5. The predicted octanol–water partition coefficient (Wildman–Crippen LogP) is 6.07. The summed E-state index contributed by atoms with van der Waals surface area (Å²) in [5, 5.41) is 3.80. The largest absolute Gasteiger partial charge is 0.378 e. The molecule has 0 unspecified atom stereocenters. The molecule has 3 aromatic rings. The summed E-state index contributed by atoms with van der Waals surface area (Å²) < 4.78 is 6.26. The molecular weight excluding hydrogens is 420 g/mol. The fourth-order valence-corrected chi connectivity index (χ4v) is 6.08. The number of nitrogens with one attached hydrogen (secondary N) is 1. The molecule has 0 radical (unpaired) electrons. The summed E-state index contributed by atoms with van der Waals surface area (Å²) in [6, 6.07) is 21.9. The second-order valence-corrected chi connectivity index (χ2v) is 10.2. The van der Waals surface area contributed by atoms with E-state index in [1.165, 1.54) is 27.8 Å². The van der Waals surface area contributed by atoms with E-state index >= 15 is 0 Å². The SMILES string of the molecule is Cc1cccc([C@H]2Nc3ccc(CC(=O)N4CCCc5cc(C)ccc54)cc3[C@@H]3OCC[C@H]23)c1. The lowest BCUT2D eigenvalue weighted by Crippen LogP contribution is -2.36. The summed E-state index contributed by atoms with van der Waals surface area (Å²) in [4.78, 5) is 15.3. The minimum Gasteiger partial charge on any atom is -0.378 e. The third-order valence-corrected chi connectivity index (χ3v) is 7.71. The number of amides is 1. The van der Waals surface area contributed by atoms with Crippen LogP contribution >= 0.6 is 0 Å². The molecule has 174 valence electrons. The first-order chi connectivity index (χ1) is 16.6. The average Bonchev–Trinajstić information content (AvgIpc) is 3.33. The molecule has 0 aromatic heterocycles. The van der Waals surface area contributed by atoms with Gasteiger partial charge in [0.05, 0.1) is 18.6 Å². The monoisotopic (exact) mass is 452 g/mol. The van der Waals surface area contributed by atoms with Crippen molar-refractivity contribution in [3.63, 3.8) is 0 Å². The lowest BCUT2D eigenvalue weighted by atomic mass is 9.80. The second kappa shape index (κ2) is 8.59. The van der Waals surface area contributed by atoms with Crippen molar-refractivity contribution in [1.82, 2.24) is 0 Å². The van der Waals surface area contributed by atoms with E-state index in [0.717, 1.165) is 49.4 Å². The van der Waals surface area contributed by atoms with Crippen LogP contribution in [0.4, 0.5) is 11.4 Å². The highest BCUT2D eigenvalue weighted by Gasteiger charge is 2.41. The Bertz CT molecular complexity index is 1250. The minimum atomic E-state index is 0.0792. The zero-order chi connectivity index (χ0) is 23.2. The van der Waals surface area contributed by atoms with Crippen molar-refractivity contribution in [3.8, 4) is 0 Å². The van der Waals surface area contributed by atoms with Gasteiger partial charge in [0.25, 0.3) is 0 Å². The lowest BCUT2D eigenvalue weighted by Gasteiger charge is -2.37.